The molecule has 1 amide bonds. The Bertz CT molecular complexity index is 2490. The van der Waals surface area contributed by atoms with Gasteiger partial charge in [-0.1, -0.05) is 103 Å². The molecule has 284 valence electrons. The van der Waals surface area contributed by atoms with E-state index in [1.54, 1.807) is 60.7 Å². The minimum atomic E-state index is -1.10. The van der Waals surface area contributed by atoms with Crippen molar-refractivity contribution in [3.63, 3.8) is 0 Å². The Balaban J connectivity index is 1.49. The van der Waals surface area contributed by atoms with E-state index in [1.807, 2.05) is 106 Å². The lowest BCUT2D eigenvalue weighted by molar-refractivity contribution is 0.100. The SMILES string of the molecule is CCOc1cc(OC(C)C)c(F)c(C(Nc2ccc(C#N)cc2)c2cccc(C(c3ccccc3)(c3ccccc3)c3nc(-c4ccccc4C(N)=O)n[nH]3)c2)c1. The number of anilines is 1. The minimum Gasteiger partial charge on any atom is -0.494 e. The Morgan fingerprint density at radius 3 is 2.14 bits per heavy atom. The van der Waals surface area contributed by atoms with Crippen molar-refractivity contribution in [3.05, 3.63) is 196 Å². The summed E-state index contributed by atoms with van der Waals surface area (Å²) >= 11 is 0. The monoisotopic (exact) mass is 756 g/mol. The van der Waals surface area contributed by atoms with Crippen LogP contribution in [0.25, 0.3) is 11.4 Å². The predicted molar refractivity (Wildman–Crippen MR) is 219 cm³/mol. The summed E-state index contributed by atoms with van der Waals surface area (Å²) in [6.07, 6.45) is -0.295. The molecule has 0 saturated carbocycles. The van der Waals surface area contributed by atoms with Gasteiger partial charge in [-0.2, -0.15) is 10.4 Å². The van der Waals surface area contributed by atoms with Crippen molar-refractivity contribution in [2.75, 3.05) is 11.9 Å². The number of aromatic nitrogens is 3. The molecular formula is C47H41FN6O3. The van der Waals surface area contributed by atoms with Crippen LogP contribution in [-0.2, 0) is 5.41 Å². The first-order chi connectivity index (χ1) is 27.7. The molecule has 0 spiro atoms. The topological polar surface area (TPSA) is 139 Å². The van der Waals surface area contributed by atoms with E-state index in [1.165, 1.54) is 0 Å². The third-order valence-electron chi connectivity index (χ3n) is 9.69. The van der Waals surface area contributed by atoms with Gasteiger partial charge in [0, 0.05) is 22.9 Å². The predicted octanol–water partition coefficient (Wildman–Crippen LogP) is 9.35. The lowest BCUT2D eigenvalue weighted by Gasteiger charge is -2.34. The average Bonchev–Trinajstić information content (AvgIpc) is 3.73. The first-order valence-corrected chi connectivity index (χ1v) is 18.7. The highest BCUT2D eigenvalue weighted by Gasteiger charge is 2.42. The third kappa shape index (κ3) is 7.68. The zero-order valence-electron chi connectivity index (χ0n) is 31.7. The van der Waals surface area contributed by atoms with Gasteiger partial charge in [0.15, 0.2) is 17.4 Å². The number of halogens is 1. The van der Waals surface area contributed by atoms with Gasteiger partial charge >= 0.3 is 0 Å². The maximum absolute atomic E-state index is 16.9. The largest absolute Gasteiger partial charge is 0.494 e. The van der Waals surface area contributed by atoms with Gasteiger partial charge in [-0.15, -0.1) is 0 Å². The number of carbonyl (C=O) groups excluding carboxylic acids is 1. The Hall–Kier alpha value is -7.25. The van der Waals surface area contributed by atoms with Crippen molar-refractivity contribution in [3.8, 4) is 29.0 Å². The number of aromatic amines is 1. The molecule has 1 heterocycles. The highest BCUT2D eigenvalue weighted by molar-refractivity contribution is 5.99. The smallest absolute Gasteiger partial charge is 0.249 e. The quantitative estimate of drug-likeness (QED) is 0.0940. The number of hydrogen-bond donors (Lipinski definition) is 3. The number of amides is 1. The molecule has 7 rings (SSSR count). The summed E-state index contributed by atoms with van der Waals surface area (Å²) in [4.78, 5) is 17.6. The molecule has 4 N–H and O–H groups in total. The second-order valence-corrected chi connectivity index (χ2v) is 13.7. The van der Waals surface area contributed by atoms with Gasteiger partial charge in [0.1, 0.15) is 17.0 Å². The molecule has 0 aliphatic carbocycles. The number of H-pyrrole nitrogens is 1. The number of nitriles is 1. The summed E-state index contributed by atoms with van der Waals surface area (Å²) in [5.41, 5.74) is 10.2. The zero-order chi connectivity index (χ0) is 39.9. The fourth-order valence-corrected chi connectivity index (χ4v) is 7.22. The van der Waals surface area contributed by atoms with E-state index in [4.69, 9.17) is 20.2 Å². The molecule has 0 aliphatic heterocycles. The van der Waals surface area contributed by atoms with Crippen LogP contribution in [-0.4, -0.2) is 33.8 Å². The van der Waals surface area contributed by atoms with Gasteiger partial charge in [-0.3, -0.25) is 9.89 Å². The standard InChI is InChI=1S/C47H41FN6O3/c1-4-56-37-27-40(42(48)41(28-37)57-30(2)3)43(51-36-24-22-31(29-49)23-25-36)32-14-13-19-35(26-32)47(33-15-7-5-8-16-33,34-17-9-6-10-18-34)46-52-45(53-54-46)39-21-12-11-20-38(39)44(50)55/h5-28,30,43,51H,4H2,1-3H3,(H2,50,55)(H,52,53,54). The van der Waals surface area contributed by atoms with E-state index >= 15 is 4.39 Å². The Morgan fingerprint density at radius 2 is 1.51 bits per heavy atom. The van der Waals surface area contributed by atoms with Crippen molar-refractivity contribution in [2.45, 2.75) is 38.3 Å². The molecule has 0 saturated heterocycles. The van der Waals surface area contributed by atoms with E-state index in [2.05, 4.69) is 21.6 Å². The second-order valence-electron chi connectivity index (χ2n) is 13.7. The Kier molecular flexibility index (Phi) is 11.1. The fraction of sp³-hybridized carbons (Fsp3) is 0.149. The maximum Gasteiger partial charge on any atom is 0.249 e. The van der Waals surface area contributed by atoms with Gasteiger partial charge in [-0.25, -0.2) is 9.37 Å². The Morgan fingerprint density at radius 1 is 0.860 bits per heavy atom. The van der Waals surface area contributed by atoms with Gasteiger partial charge < -0.3 is 20.5 Å². The first-order valence-electron chi connectivity index (χ1n) is 18.7. The van der Waals surface area contributed by atoms with Crippen LogP contribution >= 0.6 is 0 Å². The maximum atomic E-state index is 16.9. The van der Waals surface area contributed by atoms with Crippen LogP contribution in [0.15, 0.2) is 146 Å². The summed E-state index contributed by atoms with van der Waals surface area (Å²) in [5, 5.41) is 21.0. The zero-order valence-corrected chi connectivity index (χ0v) is 31.7. The molecule has 0 fully saturated rings. The number of nitrogens with one attached hydrogen (secondary N) is 2. The van der Waals surface area contributed by atoms with E-state index in [0.29, 0.717) is 51.9 Å². The van der Waals surface area contributed by atoms with Gasteiger partial charge in [-0.05, 0) is 79.4 Å². The number of primary amides is 1. The van der Waals surface area contributed by atoms with Gasteiger partial charge in [0.05, 0.1) is 35.9 Å². The number of nitrogens with zero attached hydrogens (tertiary/aromatic N) is 3. The first kappa shape index (κ1) is 38.0. The summed E-state index contributed by atoms with van der Waals surface area (Å²) in [7, 11) is 0. The van der Waals surface area contributed by atoms with Crippen LogP contribution in [0.3, 0.4) is 0 Å². The molecule has 1 unspecified atom stereocenters. The number of hydrogen-bond acceptors (Lipinski definition) is 7. The van der Waals surface area contributed by atoms with Crippen molar-refractivity contribution in [1.82, 2.24) is 15.2 Å². The molecule has 0 aliphatic rings. The molecular weight excluding hydrogens is 716 g/mol. The molecule has 0 bridgehead atoms. The summed E-state index contributed by atoms with van der Waals surface area (Å²) < 4.78 is 28.8. The fourth-order valence-electron chi connectivity index (χ4n) is 7.22. The Labute approximate surface area is 331 Å². The average molecular weight is 757 g/mol. The summed E-state index contributed by atoms with van der Waals surface area (Å²) in [5.74, 6) is 0.196. The van der Waals surface area contributed by atoms with Crippen LogP contribution in [0.4, 0.5) is 10.1 Å². The normalized spacial score (nSPS) is 11.8. The van der Waals surface area contributed by atoms with Crippen LogP contribution in [0, 0.1) is 17.1 Å². The number of nitrogens with two attached hydrogens (primary N) is 1. The van der Waals surface area contributed by atoms with Crippen LogP contribution < -0.4 is 20.5 Å². The third-order valence-corrected chi connectivity index (χ3v) is 9.69. The molecule has 6 aromatic carbocycles. The summed E-state index contributed by atoms with van der Waals surface area (Å²) in [6, 6.07) is 46.5. The van der Waals surface area contributed by atoms with Gasteiger partial charge in [0.2, 0.25) is 5.91 Å². The van der Waals surface area contributed by atoms with Crippen molar-refractivity contribution in [1.29, 1.82) is 5.26 Å². The molecule has 57 heavy (non-hydrogen) atoms. The van der Waals surface area contributed by atoms with E-state index in [-0.39, 0.29) is 11.9 Å². The van der Waals surface area contributed by atoms with Crippen LogP contribution in [0.1, 0.15) is 76.4 Å². The molecule has 7 aromatic rings. The lowest BCUT2D eigenvalue weighted by atomic mass is 9.68. The van der Waals surface area contributed by atoms with E-state index in [9.17, 15) is 10.1 Å². The molecule has 1 aromatic heterocycles. The number of ether oxygens (including phenoxy) is 2. The summed E-state index contributed by atoms with van der Waals surface area (Å²) in [6.45, 7) is 5.93. The van der Waals surface area contributed by atoms with E-state index in [0.717, 1.165) is 22.3 Å². The van der Waals surface area contributed by atoms with Gasteiger partial charge in [0.25, 0.3) is 0 Å². The van der Waals surface area contributed by atoms with Crippen molar-refractivity contribution in [2.24, 2.45) is 5.73 Å². The van der Waals surface area contributed by atoms with E-state index < -0.39 is 23.2 Å². The van der Waals surface area contributed by atoms with Crippen LogP contribution in [0.2, 0.25) is 0 Å². The number of carbonyl (C=O) groups is 1. The molecule has 0 radical (unpaired) electrons. The molecule has 1 atom stereocenters. The van der Waals surface area contributed by atoms with Crippen molar-refractivity contribution >= 4 is 11.6 Å². The number of benzene rings is 6. The van der Waals surface area contributed by atoms with Crippen LogP contribution in [0.5, 0.6) is 11.5 Å². The molecule has 10 heteroatoms. The highest BCUT2D eigenvalue weighted by atomic mass is 19.1. The molecule has 9 nitrogen and oxygen atoms in total. The second kappa shape index (κ2) is 16.6. The minimum absolute atomic E-state index is 0.0714. The van der Waals surface area contributed by atoms with Crippen molar-refractivity contribution < 1.29 is 18.7 Å². The lowest BCUT2D eigenvalue weighted by Crippen LogP contribution is -2.32. The number of rotatable bonds is 14. The highest BCUT2D eigenvalue weighted by Crippen LogP contribution is 2.46.